The molecule has 0 saturated carbocycles. The summed E-state index contributed by atoms with van der Waals surface area (Å²) in [5.41, 5.74) is 1.95. The van der Waals surface area contributed by atoms with Gasteiger partial charge in [-0.05, 0) is 44.1 Å². The van der Waals surface area contributed by atoms with Crippen LogP contribution in [-0.2, 0) is 6.54 Å². The molecular weight excluding hydrogens is 279 g/mol. The third kappa shape index (κ3) is 3.80. The molecule has 1 aliphatic rings. The van der Waals surface area contributed by atoms with Gasteiger partial charge >= 0.3 is 0 Å². The van der Waals surface area contributed by atoms with Gasteiger partial charge in [0, 0.05) is 19.0 Å². The van der Waals surface area contributed by atoms with Crippen LogP contribution in [0.3, 0.4) is 0 Å². The van der Waals surface area contributed by atoms with Crippen molar-refractivity contribution in [1.29, 1.82) is 0 Å². The van der Waals surface area contributed by atoms with Crippen molar-refractivity contribution in [2.75, 3.05) is 25.5 Å². The van der Waals surface area contributed by atoms with Gasteiger partial charge in [0.2, 0.25) is 0 Å². The molecule has 1 saturated heterocycles. The molecular formula is C17H21FN4. The molecule has 1 aromatic heterocycles. The molecule has 3 rings (SSSR count). The zero-order chi connectivity index (χ0) is 15.4. The van der Waals surface area contributed by atoms with Gasteiger partial charge in [-0.2, -0.15) is 0 Å². The standard InChI is InChI=1S/C17H21FN4/c1-22-7-3-5-14(12-22)16-10-21-17(11-19-16)20-9-13-4-2-6-15(18)8-13/h2,4,6,8,10-11,14H,3,5,7,9,12H2,1H3,(H,20,21)/t14-/m0/s1. The van der Waals surface area contributed by atoms with Gasteiger partial charge in [-0.25, -0.2) is 9.37 Å². The van der Waals surface area contributed by atoms with Crippen LogP contribution in [0, 0.1) is 5.82 Å². The van der Waals surface area contributed by atoms with Crippen molar-refractivity contribution in [1.82, 2.24) is 14.9 Å². The van der Waals surface area contributed by atoms with E-state index in [0.717, 1.165) is 30.2 Å². The number of hydrogen-bond donors (Lipinski definition) is 1. The Morgan fingerprint density at radius 1 is 1.32 bits per heavy atom. The highest BCUT2D eigenvalue weighted by Gasteiger charge is 2.20. The van der Waals surface area contributed by atoms with Gasteiger partial charge in [0.25, 0.3) is 0 Å². The number of nitrogens with zero attached hydrogens (tertiary/aromatic N) is 3. The van der Waals surface area contributed by atoms with Crippen molar-refractivity contribution < 1.29 is 4.39 Å². The Hall–Kier alpha value is -2.01. The summed E-state index contributed by atoms with van der Waals surface area (Å²) >= 11 is 0. The summed E-state index contributed by atoms with van der Waals surface area (Å²) in [5, 5.41) is 3.18. The normalized spacial score (nSPS) is 19.1. The number of anilines is 1. The number of aromatic nitrogens is 2. The second-order valence-corrected chi connectivity index (χ2v) is 5.91. The topological polar surface area (TPSA) is 41.1 Å². The van der Waals surface area contributed by atoms with Gasteiger partial charge in [-0.1, -0.05) is 12.1 Å². The van der Waals surface area contributed by atoms with Crippen LogP contribution in [0.15, 0.2) is 36.7 Å². The molecule has 2 heterocycles. The Kier molecular flexibility index (Phi) is 4.63. The number of piperidine rings is 1. The minimum atomic E-state index is -0.220. The summed E-state index contributed by atoms with van der Waals surface area (Å²) in [7, 11) is 2.15. The molecule has 0 unspecified atom stereocenters. The maximum absolute atomic E-state index is 13.1. The number of likely N-dealkylation sites (N-methyl/N-ethyl adjacent to an activating group) is 1. The summed E-state index contributed by atoms with van der Waals surface area (Å²) in [6.07, 6.45) is 6.01. The number of nitrogens with one attached hydrogen (secondary N) is 1. The third-order valence-corrected chi connectivity index (χ3v) is 4.08. The van der Waals surface area contributed by atoms with Crippen molar-refractivity contribution in [2.45, 2.75) is 25.3 Å². The second kappa shape index (κ2) is 6.83. The van der Waals surface area contributed by atoms with Gasteiger partial charge < -0.3 is 10.2 Å². The van der Waals surface area contributed by atoms with Crippen molar-refractivity contribution in [3.05, 3.63) is 53.7 Å². The maximum Gasteiger partial charge on any atom is 0.144 e. The Morgan fingerprint density at radius 3 is 2.95 bits per heavy atom. The molecule has 1 fully saturated rings. The quantitative estimate of drug-likeness (QED) is 0.942. The molecule has 1 atom stereocenters. The van der Waals surface area contributed by atoms with E-state index in [1.165, 1.54) is 25.0 Å². The highest BCUT2D eigenvalue weighted by molar-refractivity contribution is 5.33. The predicted octanol–water partition coefficient (Wildman–Crippen LogP) is 3.04. The first-order valence-corrected chi connectivity index (χ1v) is 7.69. The van der Waals surface area contributed by atoms with E-state index in [9.17, 15) is 4.39 Å². The van der Waals surface area contributed by atoms with Crippen molar-refractivity contribution in [2.24, 2.45) is 0 Å². The average Bonchev–Trinajstić information content (AvgIpc) is 2.54. The lowest BCUT2D eigenvalue weighted by atomic mass is 9.95. The first-order chi connectivity index (χ1) is 10.7. The Bertz CT molecular complexity index is 614. The van der Waals surface area contributed by atoms with E-state index in [1.807, 2.05) is 12.3 Å². The summed E-state index contributed by atoms with van der Waals surface area (Å²) in [6, 6.07) is 6.56. The molecule has 116 valence electrons. The van der Waals surface area contributed by atoms with Crippen LogP contribution < -0.4 is 5.32 Å². The molecule has 0 radical (unpaired) electrons. The highest BCUT2D eigenvalue weighted by Crippen LogP contribution is 2.24. The molecule has 1 aromatic carbocycles. The smallest absolute Gasteiger partial charge is 0.144 e. The predicted molar refractivity (Wildman–Crippen MR) is 85.2 cm³/mol. The van der Waals surface area contributed by atoms with Crippen LogP contribution in [0.4, 0.5) is 10.2 Å². The number of rotatable bonds is 4. The molecule has 0 bridgehead atoms. The molecule has 2 aromatic rings. The van der Waals surface area contributed by atoms with E-state index in [-0.39, 0.29) is 5.82 Å². The first-order valence-electron chi connectivity index (χ1n) is 7.69. The zero-order valence-electron chi connectivity index (χ0n) is 12.8. The molecule has 1 N–H and O–H groups in total. The summed E-state index contributed by atoms with van der Waals surface area (Å²) in [6.45, 7) is 2.75. The molecule has 4 nitrogen and oxygen atoms in total. The van der Waals surface area contributed by atoms with Gasteiger partial charge in [-0.3, -0.25) is 4.98 Å². The first kappa shape index (κ1) is 14.9. The van der Waals surface area contributed by atoms with Crippen LogP contribution in [0.1, 0.15) is 30.0 Å². The monoisotopic (exact) mass is 300 g/mol. The number of benzene rings is 1. The number of likely N-dealkylation sites (tertiary alicyclic amines) is 1. The minimum absolute atomic E-state index is 0.220. The number of hydrogen-bond acceptors (Lipinski definition) is 4. The second-order valence-electron chi connectivity index (χ2n) is 5.91. The van der Waals surface area contributed by atoms with Gasteiger partial charge in [-0.15, -0.1) is 0 Å². The average molecular weight is 300 g/mol. The number of halogens is 1. The molecule has 0 amide bonds. The third-order valence-electron chi connectivity index (χ3n) is 4.08. The van der Waals surface area contributed by atoms with Gasteiger partial charge in [0.1, 0.15) is 11.6 Å². The Morgan fingerprint density at radius 2 is 2.23 bits per heavy atom. The van der Waals surface area contributed by atoms with E-state index >= 15 is 0 Å². The van der Waals surface area contributed by atoms with Gasteiger partial charge in [0.05, 0.1) is 18.1 Å². The highest BCUT2D eigenvalue weighted by atomic mass is 19.1. The van der Waals surface area contributed by atoms with Crippen LogP contribution in [0.5, 0.6) is 0 Å². The van der Waals surface area contributed by atoms with Gasteiger partial charge in [0.15, 0.2) is 0 Å². The lowest BCUT2D eigenvalue weighted by Gasteiger charge is -2.29. The van der Waals surface area contributed by atoms with E-state index in [2.05, 4.69) is 27.2 Å². The van der Waals surface area contributed by atoms with E-state index in [0.29, 0.717) is 12.5 Å². The fourth-order valence-electron chi connectivity index (χ4n) is 2.89. The Balaban J connectivity index is 1.59. The lowest BCUT2D eigenvalue weighted by molar-refractivity contribution is 0.248. The van der Waals surface area contributed by atoms with Crippen LogP contribution in [0.2, 0.25) is 0 Å². The fraction of sp³-hybridized carbons (Fsp3) is 0.412. The Labute approximate surface area is 130 Å². The summed E-state index contributed by atoms with van der Waals surface area (Å²) in [4.78, 5) is 11.3. The van der Waals surface area contributed by atoms with Crippen molar-refractivity contribution >= 4 is 5.82 Å². The molecule has 0 aliphatic carbocycles. The molecule has 5 heteroatoms. The maximum atomic E-state index is 13.1. The van der Waals surface area contributed by atoms with Crippen molar-refractivity contribution in [3.8, 4) is 0 Å². The van der Waals surface area contributed by atoms with Crippen molar-refractivity contribution in [3.63, 3.8) is 0 Å². The molecule has 0 spiro atoms. The summed E-state index contributed by atoms with van der Waals surface area (Å²) < 4.78 is 13.1. The van der Waals surface area contributed by atoms with E-state index < -0.39 is 0 Å². The zero-order valence-corrected chi connectivity index (χ0v) is 12.8. The lowest BCUT2D eigenvalue weighted by Crippen LogP contribution is -2.31. The van der Waals surface area contributed by atoms with Crippen LogP contribution in [-0.4, -0.2) is 35.0 Å². The SMILES string of the molecule is CN1CCC[C@H](c2cnc(NCc3cccc(F)c3)cn2)C1. The van der Waals surface area contributed by atoms with Crippen LogP contribution in [0.25, 0.3) is 0 Å². The van der Waals surface area contributed by atoms with E-state index in [1.54, 1.807) is 12.3 Å². The summed E-state index contributed by atoms with van der Waals surface area (Å²) in [5.74, 6) is 0.975. The van der Waals surface area contributed by atoms with Crippen LogP contribution >= 0.6 is 0 Å². The molecule has 22 heavy (non-hydrogen) atoms. The van der Waals surface area contributed by atoms with E-state index in [4.69, 9.17) is 0 Å². The largest absolute Gasteiger partial charge is 0.365 e. The fourth-order valence-corrected chi connectivity index (χ4v) is 2.89. The minimum Gasteiger partial charge on any atom is -0.365 e. The molecule has 1 aliphatic heterocycles.